The summed E-state index contributed by atoms with van der Waals surface area (Å²) >= 11 is 0. The number of hydrogen-bond donors (Lipinski definition) is 1. The van der Waals surface area contributed by atoms with Crippen molar-refractivity contribution in [2.75, 3.05) is 6.54 Å². The van der Waals surface area contributed by atoms with Gasteiger partial charge in [-0.1, -0.05) is 19.1 Å². The van der Waals surface area contributed by atoms with Crippen molar-refractivity contribution in [3.05, 3.63) is 47.0 Å². The van der Waals surface area contributed by atoms with Crippen LogP contribution in [-0.2, 0) is 26.2 Å². The number of halogens is 3. The third-order valence-corrected chi connectivity index (χ3v) is 4.70. The largest absolute Gasteiger partial charge is 0.416 e. The Hall–Kier alpha value is -1.93. The molecule has 1 saturated heterocycles. The van der Waals surface area contributed by atoms with Crippen LogP contribution in [-0.4, -0.2) is 37.4 Å². The lowest BCUT2D eigenvalue weighted by Gasteiger charge is -2.24. The van der Waals surface area contributed by atoms with Crippen LogP contribution in [0.5, 0.6) is 0 Å². The number of aromatic nitrogens is 3. The molecule has 2 atom stereocenters. The van der Waals surface area contributed by atoms with Crippen molar-refractivity contribution in [2.24, 2.45) is 7.05 Å². The molecule has 1 fully saturated rings. The summed E-state index contributed by atoms with van der Waals surface area (Å²) in [6.07, 6.45) is -3.79. The first kappa shape index (κ1) is 17.9. The van der Waals surface area contributed by atoms with E-state index in [1.165, 1.54) is 12.1 Å². The molecule has 25 heavy (non-hydrogen) atoms. The molecule has 3 rings (SSSR count). The van der Waals surface area contributed by atoms with Crippen LogP contribution >= 0.6 is 0 Å². The highest BCUT2D eigenvalue weighted by atomic mass is 19.4. The zero-order chi connectivity index (χ0) is 18.2. The first-order valence-corrected chi connectivity index (χ1v) is 8.26. The number of aliphatic hydroxyl groups is 1. The van der Waals surface area contributed by atoms with E-state index in [0.717, 1.165) is 24.1 Å². The number of aliphatic hydroxyl groups excluding tert-OH is 1. The summed E-state index contributed by atoms with van der Waals surface area (Å²) in [6, 6.07) is 5.05. The highest BCUT2D eigenvalue weighted by Gasteiger charge is 2.35. The Morgan fingerprint density at radius 2 is 1.96 bits per heavy atom. The second-order valence-electron chi connectivity index (χ2n) is 6.40. The van der Waals surface area contributed by atoms with E-state index >= 15 is 0 Å². The SMILES string of the molecule is CCc1nnc(CN2C[C@@H](O)C[C@@H]2c2cccc(C(F)(F)F)c2)n1C. The fourth-order valence-corrected chi connectivity index (χ4v) is 3.35. The molecule has 0 spiro atoms. The minimum Gasteiger partial charge on any atom is -0.392 e. The number of aryl methyl sites for hydroxylation is 1. The van der Waals surface area contributed by atoms with Gasteiger partial charge in [-0.3, -0.25) is 4.90 Å². The second-order valence-corrected chi connectivity index (χ2v) is 6.40. The lowest BCUT2D eigenvalue weighted by atomic mass is 10.0. The van der Waals surface area contributed by atoms with Gasteiger partial charge in [0.25, 0.3) is 0 Å². The summed E-state index contributed by atoms with van der Waals surface area (Å²) in [6.45, 7) is 2.82. The minimum absolute atomic E-state index is 0.279. The molecule has 0 amide bonds. The molecule has 1 aliphatic heterocycles. The van der Waals surface area contributed by atoms with Crippen molar-refractivity contribution in [3.8, 4) is 0 Å². The van der Waals surface area contributed by atoms with Crippen molar-refractivity contribution in [1.82, 2.24) is 19.7 Å². The van der Waals surface area contributed by atoms with Gasteiger partial charge in [0, 0.05) is 26.1 Å². The molecule has 1 N–H and O–H groups in total. The Kier molecular flexibility index (Phi) is 4.83. The molecule has 2 heterocycles. The van der Waals surface area contributed by atoms with Crippen molar-refractivity contribution in [3.63, 3.8) is 0 Å². The average Bonchev–Trinajstić information content (AvgIpc) is 3.10. The molecule has 2 aromatic rings. The fourth-order valence-electron chi connectivity index (χ4n) is 3.35. The van der Waals surface area contributed by atoms with E-state index < -0.39 is 17.8 Å². The molecule has 8 heteroatoms. The van der Waals surface area contributed by atoms with Crippen molar-refractivity contribution in [2.45, 2.75) is 44.6 Å². The van der Waals surface area contributed by atoms with Crippen molar-refractivity contribution >= 4 is 0 Å². The Morgan fingerprint density at radius 1 is 1.24 bits per heavy atom. The molecule has 5 nitrogen and oxygen atoms in total. The number of nitrogens with zero attached hydrogens (tertiary/aromatic N) is 4. The third-order valence-electron chi connectivity index (χ3n) is 4.70. The second kappa shape index (κ2) is 6.76. The van der Waals surface area contributed by atoms with Gasteiger partial charge >= 0.3 is 6.18 Å². The highest BCUT2D eigenvalue weighted by Crippen LogP contribution is 2.36. The van der Waals surface area contributed by atoms with Gasteiger partial charge in [0.2, 0.25) is 0 Å². The molecule has 1 aromatic carbocycles. The lowest BCUT2D eigenvalue weighted by molar-refractivity contribution is -0.137. The van der Waals surface area contributed by atoms with E-state index in [0.29, 0.717) is 25.1 Å². The van der Waals surface area contributed by atoms with Gasteiger partial charge in [-0.15, -0.1) is 10.2 Å². The van der Waals surface area contributed by atoms with Crippen LogP contribution in [0.2, 0.25) is 0 Å². The van der Waals surface area contributed by atoms with Gasteiger partial charge in [0.1, 0.15) is 11.6 Å². The predicted molar refractivity (Wildman–Crippen MR) is 85.6 cm³/mol. The molecule has 0 unspecified atom stereocenters. The maximum atomic E-state index is 13.0. The van der Waals surface area contributed by atoms with Gasteiger partial charge in [-0.25, -0.2) is 0 Å². The number of hydrogen-bond acceptors (Lipinski definition) is 4. The smallest absolute Gasteiger partial charge is 0.392 e. The van der Waals surface area contributed by atoms with Crippen molar-refractivity contribution in [1.29, 1.82) is 0 Å². The number of likely N-dealkylation sites (tertiary alicyclic amines) is 1. The number of β-amino-alcohol motifs (C(OH)–C–C–N with tert-alkyl or cyclic N) is 1. The number of benzene rings is 1. The summed E-state index contributed by atoms with van der Waals surface area (Å²) < 4.78 is 40.9. The summed E-state index contributed by atoms with van der Waals surface area (Å²) in [7, 11) is 1.87. The molecule has 0 radical (unpaired) electrons. The lowest BCUT2D eigenvalue weighted by Crippen LogP contribution is -2.26. The molecule has 1 aromatic heterocycles. The molecule has 0 aliphatic carbocycles. The van der Waals surface area contributed by atoms with Crippen LogP contribution in [0.1, 0.15) is 42.2 Å². The van der Waals surface area contributed by atoms with E-state index in [-0.39, 0.29) is 6.04 Å². The van der Waals surface area contributed by atoms with E-state index in [9.17, 15) is 18.3 Å². The van der Waals surface area contributed by atoms with E-state index in [4.69, 9.17) is 0 Å². The third kappa shape index (κ3) is 3.69. The Labute approximate surface area is 144 Å². The van der Waals surface area contributed by atoms with Crippen LogP contribution in [0.4, 0.5) is 13.2 Å². The molecular weight excluding hydrogens is 333 g/mol. The van der Waals surface area contributed by atoms with Crippen molar-refractivity contribution < 1.29 is 18.3 Å². The predicted octanol–water partition coefficient (Wildman–Crippen LogP) is 2.70. The molecular formula is C17H21F3N4O. The quantitative estimate of drug-likeness (QED) is 0.917. The number of rotatable bonds is 4. The highest BCUT2D eigenvalue weighted by molar-refractivity contribution is 5.29. The van der Waals surface area contributed by atoms with Crippen LogP contribution in [0.15, 0.2) is 24.3 Å². The summed E-state index contributed by atoms with van der Waals surface area (Å²) in [5.41, 5.74) is -0.109. The van der Waals surface area contributed by atoms with E-state index in [1.54, 1.807) is 6.07 Å². The summed E-state index contributed by atoms with van der Waals surface area (Å²) in [4.78, 5) is 1.96. The molecule has 136 valence electrons. The molecule has 0 bridgehead atoms. The minimum atomic E-state index is -4.38. The molecule has 0 saturated carbocycles. The average molecular weight is 354 g/mol. The normalized spacial score (nSPS) is 21.8. The first-order valence-electron chi connectivity index (χ1n) is 8.26. The van der Waals surface area contributed by atoms with Gasteiger partial charge in [-0.2, -0.15) is 13.2 Å². The van der Waals surface area contributed by atoms with Gasteiger partial charge in [-0.05, 0) is 24.1 Å². The first-order chi connectivity index (χ1) is 11.8. The van der Waals surface area contributed by atoms with Crippen LogP contribution in [0, 0.1) is 0 Å². The maximum Gasteiger partial charge on any atom is 0.416 e. The zero-order valence-corrected chi connectivity index (χ0v) is 14.2. The van der Waals surface area contributed by atoms with Gasteiger partial charge in [0.05, 0.1) is 18.2 Å². The summed E-state index contributed by atoms with van der Waals surface area (Å²) in [5, 5.41) is 18.3. The monoisotopic (exact) mass is 354 g/mol. The standard InChI is InChI=1S/C17H21F3N4O/c1-3-15-21-22-16(23(15)2)10-24-9-13(25)8-14(24)11-5-4-6-12(7-11)17(18,19)20/h4-7,13-14,25H,3,8-10H2,1-2H3/t13-,14+/m0/s1. The zero-order valence-electron chi connectivity index (χ0n) is 14.2. The van der Waals surface area contributed by atoms with Gasteiger partial charge in [0.15, 0.2) is 0 Å². The Balaban J connectivity index is 1.86. The van der Waals surface area contributed by atoms with E-state index in [2.05, 4.69) is 10.2 Å². The summed E-state index contributed by atoms with van der Waals surface area (Å²) in [5.74, 6) is 1.59. The van der Waals surface area contributed by atoms with Crippen LogP contribution < -0.4 is 0 Å². The molecule has 1 aliphatic rings. The Bertz CT molecular complexity index is 744. The van der Waals surface area contributed by atoms with Crippen LogP contribution in [0.25, 0.3) is 0 Å². The fraction of sp³-hybridized carbons (Fsp3) is 0.529. The maximum absolute atomic E-state index is 13.0. The topological polar surface area (TPSA) is 54.2 Å². The van der Waals surface area contributed by atoms with E-state index in [1.807, 2.05) is 23.4 Å². The Morgan fingerprint density at radius 3 is 2.60 bits per heavy atom. The number of alkyl halides is 3. The van der Waals surface area contributed by atoms with Gasteiger partial charge < -0.3 is 9.67 Å². The van der Waals surface area contributed by atoms with Crippen LogP contribution in [0.3, 0.4) is 0 Å².